The van der Waals surface area contributed by atoms with E-state index >= 15 is 0 Å². The summed E-state index contributed by atoms with van der Waals surface area (Å²) in [5.41, 5.74) is 5.91. The lowest BCUT2D eigenvalue weighted by atomic mass is 10.00. The summed E-state index contributed by atoms with van der Waals surface area (Å²) >= 11 is 0. The second kappa shape index (κ2) is 7.36. The van der Waals surface area contributed by atoms with E-state index in [0.717, 1.165) is 31.4 Å². The van der Waals surface area contributed by atoms with Crippen LogP contribution in [-0.4, -0.2) is 25.1 Å². The van der Waals surface area contributed by atoms with E-state index in [4.69, 9.17) is 10.5 Å². The molecule has 0 bridgehead atoms. The summed E-state index contributed by atoms with van der Waals surface area (Å²) in [7, 11) is 0. The summed E-state index contributed by atoms with van der Waals surface area (Å²) in [6.45, 7) is 0.405. The van der Waals surface area contributed by atoms with E-state index in [0.29, 0.717) is 6.42 Å². The zero-order valence-electron chi connectivity index (χ0n) is 11.8. The van der Waals surface area contributed by atoms with Crippen molar-refractivity contribution in [2.24, 2.45) is 11.7 Å². The van der Waals surface area contributed by atoms with Gasteiger partial charge in [0.15, 0.2) is 11.6 Å². The molecule has 3 N–H and O–H groups in total. The third kappa shape index (κ3) is 4.67. The number of ether oxygens (including phenoxy) is 1. The Morgan fingerprint density at radius 2 is 2.19 bits per heavy atom. The van der Waals surface area contributed by atoms with Gasteiger partial charge in [-0.1, -0.05) is 6.42 Å². The zero-order chi connectivity index (χ0) is 15.2. The van der Waals surface area contributed by atoms with Gasteiger partial charge in [0.2, 0.25) is 5.91 Å². The summed E-state index contributed by atoms with van der Waals surface area (Å²) in [6.07, 6.45) is 3.47. The minimum atomic E-state index is -0.752. The van der Waals surface area contributed by atoms with Crippen molar-refractivity contribution in [3.8, 4) is 5.75 Å². The fourth-order valence-electron chi connectivity index (χ4n) is 2.57. The molecule has 1 amide bonds. The molecule has 1 saturated carbocycles. The highest BCUT2D eigenvalue weighted by molar-refractivity contribution is 5.76. The van der Waals surface area contributed by atoms with E-state index in [1.54, 1.807) is 0 Å². The predicted molar refractivity (Wildman–Crippen MR) is 74.8 cm³/mol. The lowest BCUT2D eigenvalue weighted by Gasteiger charge is -2.15. The predicted octanol–water partition coefficient (Wildman–Crippen LogP) is 1.98. The van der Waals surface area contributed by atoms with Crippen LogP contribution in [-0.2, 0) is 4.79 Å². The maximum atomic E-state index is 13.3. The van der Waals surface area contributed by atoms with Gasteiger partial charge in [0.05, 0.1) is 6.54 Å². The number of hydrogen-bond donors (Lipinski definition) is 2. The van der Waals surface area contributed by atoms with Crippen molar-refractivity contribution >= 4 is 5.91 Å². The molecule has 0 aliphatic heterocycles. The van der Waals surface area contributed by atoms with Crippen molar-refractivity contribution in [3.63, 3.8) is 0 Å². The molecular formula is C15H20F2N2O2. The van der Waals surface area contributed by atoms with Gasteiger partial charge in [0, 0.05) is 18.5 Å². The van der Waals surface area contributed by atoms with E-state index in [1.807, 2.05) is 0 Å². The van der Waals surface area contributed by atoms with E-state index < -0.39 is 11.6 Å². The molecule has 2 atom stereocenters. The Labute approximate surface area is 122 Å². The largest absolute Gasteiger partial charge is 0.489 e. The minimum Gasteiger partial charge on any atom is -0.489 e. The number of carbonyl (C=O) groups is 1. The molecular weight excluding hydrogens is 278 g/mol. The fourth-order valence-corrected chi connectivity index (χ4v) is 2.57. The molecule has 0 aromatic heterocycles. The Bertz CT molecular complexity index is 497. The van der Waals surface area contributed by atoms with Gasteiger partial charge in [-0.3, -0.25) is 4.79 Å². The molecule has 0 heterocycles. The van der Waals surface area contributed by atoms with Crippen LogP contribution < -0.4 is 15.8 Å². The Kier molecular flexibility index (Phi) is 5.50. The third-order valence-electron chi connectivity index (χ3n) is 3.74. The first kappa shape index (κ1) is 15.7. The van der Waals surface area contributed by atoms with Crippen molar-refractivity contribution in [3.05, 3.63) is 29.8 Å². The maximum absolute atomic E-state index is 13.3. The topological polar surface area (TPSA) is 64.4 Å². The monoisotopic (exact) mass is 298 g/mol. The van der Waals surface area contributed by atoms with Gasteiger partial charge in [-0.15, -0.1) is 0 Å². The van der Waals surface area contributed by atoms with Gasteiger partial charge >= 0.3 is 0 Å². The molecule has 1 aliphatic carbocycles. The number of halogens is 2. The molecule has 1 fully saturated rings. The van der Waals surface area contributed by atoms with Crippen LogP contribution in [0.1, 0.15) is 25.7 Å². The summed E-state index contributed by atoms with van der Waals surface area (Å²) < 4.78 is 31.1. The number of amides is 1. The lowest BCUT2D eigenvalue weighted by molar-refractivity contribution is -0.122. The molecule has 0 radical (unpaired) electrons. The number of hydrogen-bond acceptors (Lipinski definition) is 3. The first-order valence-corrected chi connectivity index (χ1v) is 7.16. The first-order valence-electron chi connectivity index (χ1n) is 7.16. The van der Waals surface area contributed by atoms with Crippen LogP contribution in [0.5, 0.6) is 5.75 Å². The van der Waals surface area contributed by atoms with E-state index in [1.165, 1.54) is 6.07 Å². The highest BCUT2D eigenvalue weighted by atomic mass is 19.1. The highest BCUT2D eigenvalue weighted by Gasteiger charge is 2.25. The number of nitrogens with two attached hydrogens (primary N) is 1. The molecule has 0 spiro atoms. The number of benzene rings is 1. The highest BCUT2D eigenvalue weighted by Crippen LogP contribution is 2.26. The number of carbonyl (C=O) groups excluding carboxylic acids is 1. The van der Waals surface area contributed by atoms with E-state index in [9.17, 15) is 13.6 Å². The van der Waals surface area contributed by atoms with Crippen LogP contribution in [0, 0.1) is 17.6 Å². The van der Waals surface area contributed by atoms with Gasteiger partial charge in [-0.25, -0.2) is 8.78 Å². The van der Waals surface area contributed by atoms with Gasteiger partial charge in [0.1, 0.15) is 12.4 Å². The van der Waals surface area contributed by atoms with E-state index in [-0.39, 0.29) is 36.8 Å². The molecule has 0 saturated heterocycles. The van der Waals surface area contributed by atoms with Crippen LogP contribution in [0.3, 0.4) is 0 Å². The summed E-state index contributed by atoms with van der Waals surface area (Å²) in [5, 5.41) is 2.72. The average molecular weight is 298 g/mol. The van der Waals surface area contributed by atoms with Gasteiger partial charge in [-0.05, 0) is 30.9 Å². The first-order chi connectivity index (χ1) is 10.1. The smallest absolute Gasteiger partial charge is 0.220 e. The Balaban J connectivity index is 1.66. The lowest BCUT2D eigenvalue weighted by Crippen LogP contribution is -2.33. The van der Waals surface area contributed by atoms with Crippen LogP contribution in [0.15, 0.2) is 18.2 Å². The average Bonchev–Trinajstić information content (AvgIpc) is 2.82. The van der Waals surface area contributed by atoms with Crippen LogP contribution in [0.25, 0.3) is 0 Å². The third-order valence-corrected chi connectivity index (χ3v) is 3.74. The number of rotatable bonds is 6. The fraction of sp³-hybridized carbons (Fsp3) is 0.533. The van der Waals surface area contributed by atoms with Crippen LogP contribution in [0.2, 0.25) is 0 Å². The van der Waals surface area contributed by atoms with Crippen molar-refractivity contribution in [2.45, 2.75) is 31.7 Å². The van der Waals surface area contributed by atoms with Gasteiger partial charge in [-0.2, -0.15) is 0 Å². The molecule has 1 aromatic carbocycles. The molecule has 6 heteroatoms. The zero-order valence-corrected chi connectivity index (χ0v) is 11.8. The van der Waals surface area contributed by atoms with E-state index in [2.05, 4.69) is 5.32 Å². The minimum absolute atomic E-state index is 0.0246. The van der Waals surface area contributed by atoms with Gasteiger partial charge < -0.3 is 15.8 Å². The van der Waals surface area contributed by atoms with Crippen molar-refractivity contribution < 1.29 is 18.3 Å². The van der Waals surface area contributed by atoms with Gasteiger partial charge in [0.25, 0.3) is 0 Å². The van der Waals surface area contributed by atoms with Crippen molar-refractivity contribution in [2.75, 3.05) is 13.2 Å². The Hall–Kier alpha value is -1.69. The van der Waals surface area contributed by atoms with Crippen LogP contribution >= 0.6 is 0 Å². The molecule has 2 rings (SSSR count). The number of nitrogens with one attached hydrogen (secondary N) is 1. The normalized spacial score (nSPS) is 21.3. The Morgan fingerprint density at radius 1 is 1.38 bits per heavy atom. The van der Waals surface area contributed by atoms with Crippen LogP contribution in [0.4, 0.5) is 8.78 Å². The quantitative estimate of drug-likeness (QED) is 0.789. The SMILES string of the molecule is N[C@@H]1CCC[C@H]1CC(=O)NCCOc1ccc(F)cc1F. The molecule has 116 valence electrons. The maximum Gasteiger partial charge on any atom is 0.220 e. The van der Waals surface area contributed by atoms with Crippen molar-refractivity contribution in [1.29, 1.82) is 0 Å². The molecule has 1 aliphatic rings. The summed E-state index contributed by atoms with van der Waals surface area (Å²) in [4.78, 5) is 11.7. The second-order valence-electron chi connectivity index (χ2n) is 5.33. The summed E-state index contributed by atoms with van der Waals surface area (Å²) in [6, 6.07) is 3.22. The second-order valence-corrected chi connectivity index (χ2v) is 5.33. The molecule has 21 heavy (non-hydrogen) atoms. The molecule has 4 nitrogen and oxygen atoms in total. The molecule has 0 unspecified atom stereocenters. The molecule has 1 aromatic rings. The summed E-state index contributed by atoms with van der Waals surface area (Å²) in [5.74, 6) is -1.25. The Morgan fingerprint density at radius 3 is 2.86 bits per heavy atom. The van der Waals surface area contributed by atoms with Crippen molar-refractivity contribution in [1.82, 2.24) is 5.32 Å². The standard InChI is InChI=1S/C15H20F2N2O2/c16-11-4-5-14(12(17)9-11)21-7-6-19-15(20)8-10-2-1-3-13(10)18/h4-5,9-10,13H,1-3,6-8,18H2,(H,19,20)/t10-,13+/m0/s1.